The van der Waals surface area contributed by atoms with Crippen LogP contribution in [0.2, 0.25) is 5.82 Å². The van der Waals surface area contributed by atoms with E-state index in [9.17, 15) is 14.6 Å². The van der Waals surface area contributed by atoms with E-state index in [1.807, 2.05) is 6.07 Å². The molecule has 1 atom stereocenters. The third kappa shape index (κ3) is 3.54. The summed E-state index contributed by atoms with van der Waals surface area (Å²) in [4.78, 5) is 24.1. The predicted molar refractivity (Wildman–Crippen MR) is 94.8 cm³/mol. The molecule has 1 aliphatic heterocycles. The lowest BCUT2D eigenvalue weighted by Crippen LogP contribution is -2.36. The molecule has 9 heteroatoms. The molecule has 8 nitrogen and oxygen atoms in total. The Morgan fingerprint density at radius 1 is 1.46 bits per heavy atom. The average Bonchev–Trinajstić information content (AvgIpc) is 2.94. The number of nitrogens with two attached hydrogens (primary N) is 1. The highest BCUT2D eigenvalue weighted by Gasteiger charge is 2.37. The monoisotopic (exact) mass is 356 g/mol. The molecule has 1 aliphatic rings. The number of nitrogens with zero attached hydrogens (tertiary/aromatic N) is 3. The normalized spacial score (nSPS) is 16.2. The highest BCUT2D eigenvalue weighted by molar-refractivity contribution is 6.47. The van der Waals surface area contributed by atoms with Gasteiger partial charge in [-0.1, -0.05) is 17.3 Å². The van der Waals surface area contributed by atoms with Gasteiger partial charge in [-0.25, -0.2) is 4.68 Å². The summed E-state index contributed by atoms with van der Waals surface area (Å²) in [7, 11) is -1.14. The van der Waals surface area contributed by atoms with E-state index in [4.69, 9.17) is 10.4 Å². The Kier molecular flexibility index (Phi) is 5.19. The minimum absolute atomic E-state index is 0.0525. The van der Waals surface area contributed by atoms with E-state index in [-0.39, 0.29) is 36.9 Å². The van der Waals surface area contributed by atoms with Crippen molar-refractivity contribution in [1.29, 1.82) is 0 Å². The van der Waals surface area contributed by atoms with Crippen LogP contribution in [0.3, 0.4) is 0 Å². The van der Waals surface area contributed by atoms with E-state index in [1.54, 1.807) is 19.1 Å². The first-order valence-corrected chi connectivity index (χ1v) is 8.49. The molecule has 26 heavy (non-hydrogen) atoms. The molecule has 0 spiro atoms. The first-order chi connectivity index (χ1) is 12.4. The van der Waals surface area contributed by atoms with Gasteiger partial charge in [-0.05, 0) is 31.9 Å². The van der Waals surface area contributed by atoms with Crippen molar-refractivity contribution < 1.29 is 19.3 Å². The van der Waals surface area contributed by atoms with Crippen LogP contribution >= 0.6 is 0 Å². The highest BCUT2D eigenvalue weighted by atomic mass is 16.5. The first-order valence-electron chi connectivity index (χ1n) is 8.49. The van der Waals surface area contributed by atoms with Crippen molar-refractivity contribution in [3.8, 4) is 5.75 Å². The van der Waals surface area contributed by atoms with Gasteiger partial charge in [-0.15, -0.1) is 5.10 Å². The fourth-order valence-electron chi connectivity index (χ4n) is 3.26. The molecule has 0 fully saturated rings. The maximum Gasteiger partial charge on any atom is 0.526 e. The molecule has 0 radical (unpaired) electrons. The quantitative estimate of drug-likeness (QED) is 0.577. The minimum atomic E-state index is -1.14. The van der Waals surface area contributed by atoms with Crippen LogP contribution in [0.25, 0.3) is 0 Å². The third-order valence-electron chi connectivity index (χ3n) is 4.64. The van der Waals surface area contributed by atoms with Gasteiger partial charge in [0.25, 0.3) is 0 Å². The van der Waals surface area contributed by atoms with Crippen molar-refractivity contribution in [1.82, 2.24) is 15.0 Å². The average molecular weight is 356 g/mol. The van der Waals surface area contributed by atoms with Gasteiger partial charge in [-0.3, -0.25) is 9.59 Å². The van der Waals surface area contributed by atoms with Crippen LogP contribution < -0.4 is 10.4 Å². The summed E-state index contributed by atoms with van der Waals surface area (Å²) in [6.07, 6.45) is 0.595. The molecule has 3 N–H and O–H groups in total. The van der Waals surface area contributed by atoms with Gasteiger partial charge in [0.2, 0.25) is 0 Å². The van der Waals surface area contributed by atoms with Crippen molar-refractivity contribution in [2.45, 2.75) is 45.6 Å². The topological polar surface area (TPSA) is 120 Å². The zero-order valence-electron chi connectivity index (χ0n) is 14.8. The largest absolute Gasteiger partial charge is 0.535 e. The van der Waals surface area contributed by atoms with Gasteiger partial charge in [0.15, 0.2) is 11.6 Å². The lowest BCUT2D eigenvalue weighted by molar-refractivity contribution is -0.120. The lowest BCUT2D eigenvalue weighted by atomic mass is 9.64. The summed E-state index contributed by atoms with van der Waals surface area (Å²) >= 11 is 0. The summed E-state index contributed by atoms with van der Waals surface area (Å²) < 4.78 is 7.06. The standard InChI is InChI=1S/C17H21BN4O4/c1-10-16(8-19)22(21-20-10)9-14(24)7-13-6-12-4-3-5-15(11(2)23)17(12)26-18(13)25/h3-5,13,25H,6-9,19H2,1-2H3/t13-/m1/s1. The fraction of sp³-hybridized carbons (Fsp3) is 0.412. The second kappa shape index (κ2) is 7.39. The lowest BCUT2D eigenvalue weighted by Gasteiger charge is -2.28. The molecular formula is C17H21BN4O4. The Hall–Kier alpha value is -2.52. The summed E-state index contributed by atoms with van der Waals surface area (Å²) in [6, 6.07) is 5.29. The molecule has 0 unspecified atom stereocenters. The van der Waals surface area contributed by atoms with E-state index in [2.05, 4.69) is 10.3 Å². The Balaban J connectivity index is 1.72. The molecule has 0 saturated heterocycles. The van der Waals surface area contributed by atoms with Crippen LogP contribution in [0, 0.1) is 6.92 Å². The summed E-state index contributed by atoms with van der Waals surface area (Å²) in [5.41, 5.74) is 8.35. The minimum Gasteiger partial charge on any atom is -0.535 e. The zero-order valence-corrected chi connectivity index (χ0v) is 14.8. The number of aryl methyl sites for hydroxylation is 1. The maximum atomic E-state index is 12.4. The Morgan fingerprint density at radius 3 is 2.92 bits per heavy atom. The van der Waals surface area contributed by atoms with Gasteiger partial charge in [0, 0.05) is 18.8 Å². The van der Waals surface area contributed by atoms with Crippen LogP contribution in [0.5, 0.6) is 5.75 Å². The van der Waals surface area contributed by atoms with E-state index in [0.717, 1.165) is 11.3 Å². The number of carbonyl (C=O) groups is 2. The van der Waals surface area contributed by atoms with E-state index in [0.29, 0.717) is 23.4 Å². The molecule has 0 saturated carbocycles. The molecule has 2 aromatic rings. The number of fused-ring (bicyclic) bond motifs is 1. The number of hydrogen-bond donors (Lipinski definition) is 2. The summed E-state index contributed by atoms with van der Waals surface area (Å²) in [5, 5.41) is 18.2. The SMILES string of the molecule is CC(=O)c1cccc2c1OB(O)[C@@H](CC(=O)Cn1nnc(C)c1CN)C2. The van der Waals surface area contributed by atoms with Gasteiger partial charge in [-0.2, -0.15) is 0 Å². The zero-order chi connectivity index (χ0) is 18.8. The van der Waals surface area contributed by atoms with Crippen molar-refractivity contribution >= 4 is 18.7 Å². The third-order valence-corrected chi connectivity index (χ3v) is 4.64. The van der Waals surface area contributed by atoms with Crippen molar-refractivity contribution in [2.24, 2.45) is 5.73 Å². The van der Waals surface area contributed by atoms with Crippen LogP contribution in [-0.4, -0.2) is 38.7 Å². The number of aromatic nitrogens is 3. The fourth-order valence-corrected chi connectivity index (χ4v) is 3.26. The summed E-state index contributed by atoms with van der Waals surface area (Å²) in [5.74, 6) is -0.195. The molecule has 1 aromatic heterocycles. The number of rotatable bonds is 6. The molecule has 3 rings (SSSR count). The maximum absolute atomic E-state index is 12.4. The molecule has 0 amide bonds. The van der Waals surface area contributed by atoms with Gasteiger partial charge in [0.1, 0.15) is 12.3 Å². The van der Waals surface area contributed by atoms with Crippen LogP contribution in [0.1, 0.15) is 40.7 Å². The molecular weight excluding hydrogens is 335 g/mol. The van der Waals surface area contributed by atoms with Crippen LogP contribution in [0.15, 0.2) is 18.2 Å². The number of hydrogen-bond acceptors (Lipinski definition) is 7. The second-order valence-corrected chi connectivity index (χ2v) is 6.55. The number of para-hydroxylation sites is 1. The summed E-state index contributed by atoms with van der Waals surface area (Å²) in [6.45, 7) is 3.55. The van der Waals surface area contributed by atoms with Crippen LogP contribution in [0.4, 0.5) is 0 Å². The van der Waals surface area contributed by atoms with Crippen molar-refractivity contribution in [3.05, 3.63) is 40.7 Å². The molecule has 2 heterocycles. The van der Waals surface area contributed by atoms with Gasteiger partial charge < -0.3 is 15.4 Å². The molecule has 1 aromatic carbocycles. The van der Waals surface area contributed by atoms with Gasteiger partial charge in [0.05, 0.1) is 17.0 Å². The molecule has 136 valence electrons. The second-order valence-electron chi connectivity index (χ2n) is 6.55. The number of carbonyl (C=O) groups excluding carboxylic acids is 2. The highest BCUT2D eigenvalue weighted by Crippen LogP contribution is 2.36. The smallest absolute Gasteiger partial charge is 0.526 e. The van der Waals surface area contributed by atoms with E-state index >= 15 is 0 Å². The Morgan fingerprint density at radius 2 is 2.23 bits per heavy atom. The van der Waals surface area contributed by atoms with E-state index < -0.39 is 7.12 Å². The molecule has 0 bridgehead atoms. The van der Waals surface area contributed by atoms with Crippen LogP contribution in [-0.2, 0) is 24.3 Å². The number of benzene rings is 1. The first kappa shape index (κ1) is 18.3. The Bertz CT molecular complexity index is 851. The van der Waals surface area contributed by atoms with E-state index in [1.165, 1.54) is 11.6 Å². The van der Waals surface area contributed by atoms with Crippen molar-refractivity contribution in [3.63, 3.8) is 0 Å². The van der Waals surface area contributed by atoms with Crippen molar-refractivity contribution in [2.75, 3.05) is 0 Å². The number of ketones is 2. The predicted octanol–water partition coefficient (Wildman–Crippen LogP) is 0.693. The Labute approximate surface area is 151 Å². The molecule has 0 aliphatic carbocycles. The van der Waals surface area contributed by atoms with Gasteiger partial charge >= 0.3 is 7.12 Å². The number of Topliss-reactive ketones (excluding diaryl/α,β-unsaturated/α-hetero) is 2.